The summed E-state index contributed by atoms with van der Waals surface area (Å²) >= 11 is 5.95. The molecule has 2 aromatic rings. The molecular weight excluding hydrogens is 288 g/mol. The van der Waals surface area contributed by atoms with Crippen LogP contribution in [0.3, 0.4) is 0 Å². The van der Waals surface area contributed by atoms with Crippen molar-refractivity contribution in [3.8, 4) is 5.75 Å². The molecule has 0 bridgehead atoms. The first-order valence-electron chi connectivity index (χ1n) is 6.44. The number of rotatable bonds is 3. The Balaban J connectivity index is 2.34. The molecule has 110 valence electrons. The van der Waals surface area contributed by atoms with Crippen LogP contribution in [-0.2, 0) is 0 Å². The summed E-state index contributed by atoms with van der Waals surface area (Å²) in [6.45, 7) is 3.78. The number of methoxy groups -OCH3 is 1. The number of nitrogen functional groups attached to an aromatic ring is 1. The van der Waals surface area contributed by atoms with E-state index in [0.29, 0.717) is 27.7 Å². The van der Waals surface area contributed by atoms with E-state index in [9.17, 15) is 4.79 Å². The molecule has 2 aromatic carbocycles. The summed E-state index contributed by atoms with van der Waals surface area (Å²) in [5, 5.41) is 3.34. The predicted molar refractivity (Wildman–Crippen MR) is 86.3 cm³/mol. The van der Waals surface area contributed by atoms with Gasteiger partial charge < -0.3 is 15.8 Å². The van der Waals surface area contributed by atoms with Gasteiger partial charge in [0.25, 0.3) is 5.91 Å². The van der Waals surface area contributed by atoms with Gasteiger partial charge in [0, 0.05) is 16.4 Å². The van der Waals surface area contributed by atoms with E-state index in [1.807, 2.05) is 26.0 Å². The van der Waals surface area contributed by atoms with Gasteiger partial charge in [-0.2, -0.15) is 0 Å². The zero-order chi connectivity index (χ0) is 15.6. The number of benzene rings is 2. The largest absolute Gasteiger partial charge is 0.496 e. The zero-order valence-corrected chi connectivity index (χ0v) is 12.9. The quantitative estimate of drug-likeness (QED) is 0.848. The summed E-state index contributed by atoms with van der Waals surface area (Å²) < 4.78 is 5.19. The Morgan fingerprint density at radius 3 is 2.57 bits per heavy atom. The number of anilines is 2. The van der Waals surface area contributed by atoms with Gasteiger partial charge in [-0.15, -0.1) is 0 Å². The molecule has 4 nitrogen and oxygen atoms in total. The molecular formula is C16H17ClN2O2. The maximum atomic E-state index is 12.4. The van der Waals surface area contributed by atoms with Crippen LogP contribution in [0, 0.1) is 13.8 Å². The molecule has 0 saturated heterocycles. The monoisotopic (exact) mass is 304 g/mol. The van der Waals surface area contributed by atoms with Crippen molar-refractivity contribution in [3.05, 3.63) is 52.0 Å². The van der Waals surface area contributed by atoms with Gasteiger partial charge in [0.15, 0.2) is 0 Å². The highest BCUT2D eigenvalue weighted by Crippen LogP contribution is 2.26. The van der Waals surface area contributed by atoms with Crippen molar-refractivity contribution in [2.24, 2.45) is 0 Å². The number of nitrogens with one attached hydrogen (secondary N) is 1. The first kappa shape index (κ1) is 15.2. The molecule has 0 aliphatic carbocycles. The van der Waals surface area contributed by atoms with Gasteiger partial charge >= 0.3 is 0 Å². The fourth-order valence-corrected chi connectivity index (χ4v) is 2.19. The Kier molecular flexibility index (Phi) is 4.38. The third-order valence-corrected chi connectivity index (χ3v) is 3.50. The lowest BCUT2D eigenvalue weighted by Gasteiger charge is -2.13. The highest BCUT2D eigenvalue weighted by atomic mass is 35.5. The Morgan fingerprint density at radius 2 is 1.90 bits per heavy atom. The average Bonchev–Trinajstić information content (AvgIpc) is 2.44. The Morgan fingerprint density at radius 1 is 1.19 bits per heavy atom. The Labute approximate surface area is 128 Å². The topological polar surface area (TPSA) is 64.3 Å². The van der Waals surface area contributed by atoms with Crippen molar-refractivity contribution in [2.75, 3.05) is 18.2 Å². The number of carbonyl (C=O) groups excluding carboxylic acids is 1. The van der Waals surface area contributed by atoms with E-state index < -0.39 is 0 Å². The molecule has 5 heteroatoms. The minimum absolute atomic E-state index is 0.276. The van der Waals surface area contributed by atoms with Gasteiger partial charge in [-0.1, -0.05) is 11.6 Å². The van der Waals surface area contributed by atoms with Crippen LogP contribution < -0.4 is 15.8 Å². The number of aryl methyl sites for hydroxylation is 2. The summed E-state index contributed by atoms with van der Waals surface area (Å²) in [6.07, 6.45) is 0. The molecule has 21 heavy (non-hydrogen) atoms. The molecule has 0 aromatic heterocycles. The van der Waals surface area contributed by atoms with Gasteiger partial charge in [0.2, 0.25) is 0 Å². The SMILES string of the molecule is COc1ccc(Cl)cc1C(=O)Nc1cc(C)c(N)cc1C. The van der Waals surface area contributed by atoms with E-state index in [1.54, 1.807) is 18.2 Å². The number of carbonyl (C=O) groups is 1. The summed E-state index contributed by atoms with van der Waals surface area (Å²) in [4.78, 5) is 12.4. The normalized spacial score (nSPS) is 10.3. The number of hydrogen-bond acceptors (Lipinski definition) is 3. The number of amides is 1. The number of hydrogen-bond donors (Lipinski definition) is 2. The second kappa shape index (κ2) is 6.06. The molecule has 0 aliphatic heterocycles. The lowest BCUT2D eigenvalue weighted by molar-refractivity contribution is 0.102. The van der Waals surface area contributed by atoms with Gasteiger partial charge in [0.1, 0.15) is 5.75 Å². The molecule has 3 N–H and O–H groups in total. The highest BCUT2D eigenvalue weighted by Gasteiger charge is 2.14. The average molecular weight is 305 g/mol. The minimum Gasteiger partial charge on any atom is -0.496 e. The van der Waals surface area contributed by atoms with Crippen LogP contribution in [0.2, 0.25) is 5.02 Å². The van der Waals surface area contributed by atoms with Crippen LogP contribution in [0.1, 0.15) is 21.5 Å². The van der Waals surface area contributed by atoms with Crippen LogP contribution in [0.15, 0.2) is 30.3 Å². The predicted octanol–water partition coefficient (Wildman–Crippen LogP) is 3.80. The second-order valence-electron chi connectivity index (χ2n) is 4.82. The second-order valence-corrected chi connectivity index (χ2v) is 5.26. The van der Waals surface area contributed by atoms with E-state index in [-0.39, 0.29) is 5.91 Å². The molecule has 0 unspecified atom stereocenters. The van der Waals surface area contributed by atoms with E-state index in [4.69, 9.17) is 22.1 Å². The van der Waals surface area contributed by atoms with Crippen molar-refractivity contribution in [2.45, 2.75) is 13.8 Å². The molecule has 2 rings (SSSR count). The van der Waals surface area contributed by atoms with Gasteiger partial charge in [0.05, 0.1) is 12.7 Å². The van der Waals surface area contributed by atoms with Gasteiger partial charge in [-0.05, 0) is 55.3 Å². The minimum atomic E-state index is -0.276. The first-order valence-corrected chi connectivity index (χ1v) is 6.81. The number of ether oxygens (including phenoxy) is 1. The van der Waals surface area contributed by atoms with Crippen LogP contribution >= 0.6 is 11.6 Å². The van der Waals surface area contributed by atoms with E-state index in [0.717, 1.165) is 11.1 Å². The Hall–Kier alpha value is -2.20. The maximum Gasteiger partial charge on any atom is 0.259 e. The van der Waals surface area contributed by atoms with Crippen LogP contribution in [-0.4, -0.2) is 13.0 Å². The van der Waals surface area contributed by atoms with Crippen molar-refractivity contribution < 1.29 is 9.53 Å². The first-order chi connectivity index (χ1) is 9.92. The molecule has 0 radical (unpaired) electrons. The highest BCUT2D eigenvalue weighted by molar-refractivity contribution is 6.31. The summed E-state index contributed by atoms with van der Waals surface area (Å²) in [6, 6.07) is 8.60. The van der Waals surface area contributed by atoms with Crippen molar-refractivity contribution >= 4 is 28.9 Å². The van der Waals surface area contributed by atoms with Gasteiger partial charge in [-0.3, -0.25) is 4.79 Å². The lowest BCUT2D eigenvalue weighted by atomic mass is 10.1. The molecule has 0 fully saturated rings. The summed E-state index contributed by atoms with van der Waals surface area (Å²) in [5.74, 6) is 0.198. The third-order valence-electron chi connectivity index (χ3n) is 3.27. The maximum absolute atomic E-state index is 12.4. The van der Waals surface area contributed by atoms with Crippen molar-refractivity contribution in [1.29, 1.82) is 0 Å². The molecule has 1 amide bonds. The molecule has 0 saturated carbocycles. The van der Waals surface area contributed by atoms with Crippen LogP contribution in [0.25, 0.3) is 0 Å². The van der Waals surface area contributed by atoms with Crippen molar-refractivity contribution in [1.82, 2.24) is 0 Å². The summed E-state index contributed by atoms with van der Waals surface area (Å²) in [7, 11) is 1.51. The van der Waals surface area contributed by atoms with Gasteiger partial charge in [-0.25, -0.2) is 0 Å². The number of halogens is 1. The van der Waals surface area contributed by atoms with E-state index >= 15 is 0 Å². The van der Waals surface area contributed by atoms with Crippen LogP contribution in [0.5, 0.6) is 5.75 Å². The van der Waals surface area contributed by atoms with E-state index in [1.165, 1.54) is 7.11 Å². The molecule has 0 heterocycles. The fourth-order valence-electron chi connectivity index (χ4n) is 2.02. The fraction of sp³-hybridized carbons (Fsp3) is 0.188. The lowest BCUT2D eigenvalue weighted by Crippen LogP contribution is -2.14. The standard InChI is InChI=1S/C16H17ClN2O2/c1-9-7-14(10(2)6-13(9)18)19-16(20)12-8-11(17)4-5-15(12)21-3/h4-8H,18H2,1-3H3,(H,19,20). The number of nitrogens with two attached hydrogens (primary N) is 1. The Bertz CT molecular complexity index is 699. The zero-order valence-electron chi connectivity index (χ0n) is 12.2. The molecule has 0 aliphatic rings. The van der Waals surface area contributed by atoms with E-state index in [2.05, 4.69) is 5.32 Å². The molecule has 0 atom stereocenters. The third kappa shape index (κ3) is 3.28. The summed E-state index contributed by atoms with van der Waals surface area (Å²) in [5.41, 5.74) is 9.46. The van der Waals surface area contributed by atoms with Crippen molar-refractivity contribution in [3.63, 3.8) is 0 Å². The van der Waals surface area contributed by atoms with Crippen LogP contribution in [0.4, 0.5) is 11.4 Å². The smallest absolute Gasteiger partial charge is 0.259 e. The molecule has 0 spiro atoms.